The zero-order valence-corrected chi connectivity index (χ0v) is 22.1. The zero-order chi connectivity index (χ0) is 29.4. The molecule has 13 heteroatoms. The van der Waals surface area contributed by atoms with E-state index in [2.05, 4.69) is 5.10 Å². The molecule has 0 unspecified atom stereocenters. The predicted molar refractivity (Wildman–Crippen MR) is 136 cm³/mol. The number of hydrogen-bond acceptors (Lipinski definition) is 4. The Balaban J connectivity index is 1.97. The largest absolute Gasteiger partial charge is 0.489 e. The van der Waals surface area contributed by atoms with Gasteiger partial charge in [-0.05, 0) is 54.1 Å². The Morgan fingerprint density at radius 3 is 2.17 bits per heavy atom. The lowest BCUT2D eigenvalue weighted by atomic mass is 9.93. The first-order valence-corrected chi connectivity index (χ1v) is 12.1. The normalized spacial score (nSPS) is 11.9. The van der Waals surface area contributed by atoms with Gasteiger partial charge in [0.1, 0.15) is 18.1 Å². The highest BCUT2D eigenvalue weighted by Crippen LogP contribution is 2.45. The molecule has 0 N–H and O–H groups in total. The standard InChI is InChI=1S/C27H18Cl2F6N2O3/c1-14(38)40-25-19(22-12-23(27(33,34)35)36-37(22)2)9-3-16(13-39-18-7-5-17(28)6-8-18)24(25)15-4-10-21(29)20(11-15)26(30,31)32/h3-12H,13H2,1-2H3. The van der Waals surface area contributed by atoms with Gasteiger partial charge < -0.3 is 9.47 Å². The number of carbonyl (C=O) groups excluding carboxylic acids is 1. The molecule has 5 nitrogen and oxygen atoms in total. The quantitative estimate of drug-likeness (QED) is 0.126. The topological polar surface area (TPSA) is 53.3 Å². The molecule has 4 rings (SSSR count). The zero-order valence-electron chi connectivity index (χ0n) is 20.6. The van der Waals surface area contributed by atoms with E-state index in [1.54, 1.807) is 24.3 Å². The molecule has 4 aromatic rings. The summed E-state index contributed by atoms with van der Waals surface area (Å²) in [7, 11) is 1.25. The lowest BCUT2D eigenvalue weighted by Crippen LogP contribution is -2.09. The van der Waals surface area contributed by atoms with Crippen LogP contribution in [-0.2, 0) is 30.8 Å². The number of rotatable bonds is 6. The molecule has 0 aliphatic carbocycles. The summed E-state index contributed by atoms with van der Waals surface area (Å²) in [4.78, 5) is 12.2. The van der Waals surface area contributed by atoms with E-state index in [0.29, 0.717) is 10.8 Å². The predicted octanol–water partition coefficient (Wildman–Crippen LogP) is 8.60. The minimum Gasteiger partial charge on any atom is -0.489 e. The van der Waals surface area contributed by atoms with Crippen molar-refractivity contribution < 1.29 is 40.6 Å². The number of hydrogen-bond donors (Lipinski definition) is 0. The first kappa shape index (κ1) is 29.3. The van der Waals surface area contributed by atoms with Crippen LogP contribution in [0.5, 0.6) is 11.5 Å². The molecule has 0 bridgehead atoms. The number of alkyl halides is 6. The molecule has 0 fully saturated rings. The van der Waals surface area contributed by atoms with Crippen LogP contribution < -0.4 is 9.47 Å². The Kier molecular flexibility index (Phi) is 8.09. The Bertz CT molecular complexity index is 1560. The van der Waals surface area contributed by atoms with Crippen LogP contribution in [-0.4, -0.2) is 15.7 Å². The molecule has 0 aliphatic heterocycles. The number of carbonyl (C=O) groups is 1. The minimum absolute atomic E-state index is 0.0152. The second-order valence-corrected chi connectivity index (χ2v) is 9.38. The molecule has 1 aromatic heterocycles. The fraction of sp³-hybridized carbons (Fsp3) is 0.185. The molecule has 0 saturated heterocycles. The molecule has 1 heterocycles. The third kappa shape index (κ3) is 6.37. The van der Waals surface area contributed by atoms with Crippen molar-refractivity contribution in [2.75, 3.05) is 0 Å². The van der Waals surface area contributed by atoms with E-state index < -0.39 is 34.6 Å². The third-order valence-electron chi connectivity index (χ3n) is 5.70. The summed E-state index contributed by atoms with van der Waals surface area (Å²) in [6.07, 6.45) is -9.60. The molecule has 210 valence electrons. The molecule has 0 amide bonds. The summed E-state index contributed by atoms with van der Waals surface area (Å²) in [6.45, 7) is 0.840. The van der Waals surface area contributed by atoms with Gasteiger partial charge in [0.2, 0.25) is 0 Å². The van der Waals surface area contributed by atoms with Crippen LogP contribution in [0.1, 0.15) is 23.7 Å². The summed E-state index contributed by atoms with van der Waals surface area (Å²) >= 11 is 11.7. The number of benzene rings is 3. The van der Waals surface area contributed by atoms with Crippen molar-refractivity contribution in [1.82, 2.24) is 9.78 Å². The average molecular weight is 603 g/mol. The lowest BCUT2D eigenvalue weighted by Gasteiger charge is -2.20. The molecule has 0 saturated carbocycles. The van der Waals surface area contributed by atoms with Crippen molar-refractivity contribution in [2.24, 2.45) is 7.05 Å². The number of ether oxygens (including phenoxy) is 2. The van der Waals surface area contributed by atoms with Gasteiger partial charge in [-0.25, -0.2) is 0 Å². The summed E-state index contributed by atoms with van der Waals surface area (Å²) in [6, 6.07) is 12.9. The molecule has 0 atom stereocenters. The molecule has 40 heavy (non-hydrogen) atoms. The second-order valence-electron chi connectivity index (χ2n) is 8.54. The van der Waals surface area contributed by atoms with Crippen LogP contribution in [0.25, 0.3) is 22.4 Å². The smallest absolute Gasteiger partial charge is 0.435 e. The second kappa shape index (κ2) is 11.1. The molecular formula is C27H18Cl2F6N2O3. The number of nitrogens with zero attached hydrogens (tertiary/aromatic N) is 2. The Morgan fingerprint density at radius 1 is 0.925 bits per heavy atom. The van der Waals surface area contributed by atoms with E-state index in [0.717, 1.165) is 29.8 Å². The van der Waals surface area contributed by atoms with Gasteiger partial charge >= 0.3 is 18.3 Å². The van der Waals surface area contributed by atoms with E-state index in [1.165, 1.54) is 25.2 Å². The monoisotopic (exact) mass is 602 g/mol. The highest BCUT2D eigenvalue weighted by atomic mass is 35.5. The summed E-state index contributed by atoms with van der Waals surface area (Å²) in [5.74, 6) is -0.764. The highest BCUT2D eigenvalue weighted by molar-refractivity contribution is 6.31. The van der Waals surface area contributed by atoms with Gasteiger partial charge in [0.05, 0.1) is 16.3 Å². The van der Waals surface area contributed by atoms with Gasteiger partial charge in [-0.3, -0.25) is 9.48 Å². The SMILES string of the molecule is CC(=O)Oc1c(-c2cc(C(F)(F)F)nn2C)ccc(COc2ccc(Cl)cc2)c1-c1ccc(Cl)c(C(F)(F)F)c1. The highest BCUT2D eigenvalue weighted by Gasteiger charge is 2.36. The van der Waals surface area contributed by atoms with Crippen LogP contribution >= 0.6 is 23.2 Å². The van der Waals surface area contributed by atoms with E-state index in [-0.39, 0.29) is 40.3 Å². The van der Waals surface area contributed by atoms with Crippen LogP contribution in [0, 0.1) is 0 Å². The van der Waals surface area contributed by atoms with Gasteiger partial charge in [0.25, 0.3) is 0 Å². The molecule has 0 radical (unpaired) electrons. The van der Waals surface area contributed by atoms with Gasteiger partial charge in [-0.15, -0.1) is 0 Å². The fourth-order valence-corrected chi connectivity index (χ4v) is 4.31. The van der Waals surface area contributed by atoms with Gasteiger partial charge in [0.15, 0.2) is 5.69 Å². The van der Waals surface area contributed by atoms with Crippen LogP contribution in [0.15, 0.2) is 60.7 Å². The average Bonchev–Trinajstić information content (AvgIpc) is 3.25. The Morgan fingerprint density at radius 2 is 1.60 bits per heavy atom. The van der Waals surface area contributed by atoms with Crippen LogP contribution in [0.4, 0.5) is 26.3 Å². The summed E-state index contributed by atoms with van der Waals surface area (Å²) < 4.78 is 93.6. The molecular weight excluding hydrogens is 585 g/mol. The number of aryl methyl sites for hydroxylation is 1. The number of aromatic nitrogens is 2. The van der Waals surface area contributed by atoms with Crippen molar-refractivity contribution in [1.29, 1.82) is 0 Å². The molecule has 3 aromatic carbocycles. The van der Waals surface area contributed by atoms with Crippen molar-refractivity contribution in [3.8, 4) is 33.9 Å². The molecule has 0 spiro atoms. The Labute approximate surface area is 233 Å². The Hall–Kier alpha value is -3.70. The van der Waals surface area contributed by atoms with Gasteiger partial charge in [0, 0.05) is 35.7 Å². The van der Waals surface area contributed by atoms with E-state index >= 15 is 0 Å². The van der Waals surface area contributed by atoms with E-state index in [9.17, 15) is 31.1 Å². The first-order chi connectivity index (χ1) is 18.6. The van der Waals surface area contributed by atoms with E-state index in [4.69, 9.17) is 32.7 Å². The molecule has 0 aliphatic rings. The minimum atomic E-state index is -4.82. The lowest BCUT2D eigenvalue weighted by molar-refractivity contribution is -0.141. The van der Waals surface area contributed by atoms with Crippen LogP contribution in [0.3, 0.4) is 0 Å². The van der Waals surface area contributed by atoms with Crippen molar-refractivity contribution in [2.45, 2.75) is 25.9 Å². The maximum absolute atomic E-state index is 13.7. The maximum atomic E-state index is 13.7. The first-order valence-electron chi connectivity index (χ1n) is 11.4. The third-order valence-corrected chi connectivity index (χ3v) is 6.29. The maximum Gasteiger partial charge on any atom is 0.435 e. The van der Waals surface area contributed by atoms with Crippen molar-refractivity contribution >= 4 is 29.2 Å². The van der Waals surface area contributed by atoms with Gasteiger partial charge in [-0.2, -0.15) is 31.4 Å². The summed E-state index contributed by atoms with van der Waals surface area (Å²) in [5, 5.41) is 3.38. The van der Waals surface area contributed by atoms with Gasteiger partial charge in [-0.1, -0.05) is 35.3 Å². The van der Waals surface area contributed by atoms with Crippen LogP contribution in [0.2, 0.25) is 10.0 Å². The van der Waals surface area contributed by atoms with E-state index in [1.807, 2.05) is 0 Å². The fourth-order valence-electron chi connectivity index (χ4n) is 3.96. The summed E-state index contributed by atoms with van der Waals surface area (Å²) in [5.41, 5.74) is -2.30. The number of halogens is 8. The van der Waals surface area contributed by atoms with Crippen molar-refractivity contribution in [3.63, 3.8) is 0 Å². The van der Waals surface area contributed by atoms with Crippen molar-refractivity contribution in [3.05, 3.63) is 87.5 Å². The number of esters is 1.